The van der Waals surface area contributed by atoms with Gasteiger partial charge in [-0.3, -0.25) is 4.79 Å². The quantitative estimate of drug-likeness (QED) is 0.654. The summed E-state index contributed by atoms with van der Waals surface area (Å²) in [7, 11) is 0. The van der Waals surface area contributed by atoms with Gasteiger partial charge in [-0.1, -0.05) is 0 Å². The van der Waals surface area contributed by atoms with E-state index in [1.54, 1.807) is 0 Å². The lowest BCUT2D eigenvalue weighted by atomic mass is 9.77. The predicted octanol–water partition coefficient (Wildman–Crippen LogP) is 2.69. The van der Waals surface area contributed by atoms with Crippen LogP contribution in [0.4, 0.5) is 0 Å². The number of Topliss-reactive ketones (excluding diaryl/α,β-unsaturated/α-hetero) is 1. The van der Waals surface area contributed by atoms with Crippen LogP contribution in [-0.2, 0) is 4.79 Å². The summed E-state index contributed by atoms with van der Waals surface area (Å²) in [6.45, 7) is 3.90. The number of nitrogens with zero attached hydrogens (tertiary/aromatic N) is 1. The maximum absolute atomic E-state index is 11.2. The van der Waals surface area contributed by atoms with E-state index in [2.05, 4.69) is 6.07 Å². The van der Waals surface area contributed by atoms with Crippen LogP contribution in [0.2, 0.25) is 0 Å². The highest BCUT2D eigenvalue weighted by molar-refractivity contribution is 5.79. The van der Waals surface area contributed by atoms with Crippen molar-refractivity contribution in [3.05, 3.63) is 0 Å². The summed E-state index contributed by atoms with van der Waals surface area (Å²) >= 11 is 0. The highest BCUT2D eigenvalue weighted by atomic mass is 16.1. The van der Waals surface area contributed by atoms with Gasteiger partial charge in [0.2, 0.25) is 0 Å². The van der Waals surface area contributed by atoms with E-state index in [-0.39, 0.29) is 5.41 Å². The van der Waals surface area contributed by atoms with Crippen LogP contribution in [-0.4, -0.2) is 5.78 Å². The molecule has 2 heteroatoms. The number of ketones is 1. The summed E-state index contributed by atoms with van der Waals surface area (Å²) < 4.78 is 0. The molecule has 1 rings (SSSR count). The monoisotopic (exact) mass is 179 g/mol. The fourth-order valence-corrected chi connectivity index (χ4v) is 2.06. The molecule has 13 heavy (non-hydrogen) atoms. The summed E-state index contributed by atoms with van der Waals surface area (Å²) in [5.41, 5.74) is -0.262. The van der Waals surface area contributed by atoms with Gasteiger partial charge in [-0.15, -0.1) is 0 Å². The van der Waals surface area contributed by atoms with E-state index in [1.807, 2.05) is 13.8 Å². The molecular weight excluding hydrogens is 162 g/mol. The van der Waals surface area contributed by atoms with Crippen LogP contribution >= 0.6 is 0 Å². The summed E-state index contributed by atoms with van der Waals surface area (Å²) in [5.74, 6) is 0.834. The first-order chi connectivity index (χ1) is 6.03. The van der Waals surface area contributed by atoms with Gasteiger partial charge in [0.05, 0.1) is 11.5 Å². The topological polar surface area (TPSA) is 40.9 Å². The molecule has 1 aliphatic rings. The van der Waals surface area contributed by atoms with E-state index in [0.717, 1.165) is 25.7 Å². The van der Waals surface area contributed by atoms with Crippen molar-refractivity contribution in [1.29, 1.82) is 5.26 Å². The molecule has 0 aliphatic heterocycles. The van der Waals surface area contributed by atoms with E-state index in [9.17, 15) is 4.79 Å². The molecule has 0 aromatic rings. The molecule has 1 fully saturated rings. The number of nitriles is 1. The fourth-order valence-electron chi connectivity index (χ4n) is 2.06. The Labute approximate surface area is 79.9 Å². The Hall–Kier alpha value is -0.840. The second-order valence-corrected chi connectivity index (χ2v) is 4.70. The van der Waals surface area contributed by atoms with Crippen LogP contribution in [0.25, 0.3) is 0 Å². The SMILES string of the molecule is CC(C)(C#N)CC1CCCC(=O)C1. The van der Waals surface area contributed by atoms with E-state index in [1.165, 1.54) is 0 Å². The fraction of sp³-hybridized carbons (Fsp3) is 0.818. The Kier molecular flexibility index (Phi) is 3.08. The lowest BCUT2D eigenvalue weighted by Crippen LogP contribution is -2.21. The van der Waals surface area contributed by atoms with Crippen LogP contribution < -0.4 is 0 Å². The standard InChI is InChI=1S/C11H17NO/c1-11(2,8-12)7-9-4-3-5-10(13)6-9/h9H,3-7H2,1-2H3. The van der Waals surface area contributed by atoms with Gasteiger partial charge in [-0.25, -0.2) is 0 Å². The number of hydrogen-bond acceptors (Lipinski definition) is 2. The third-order valence-electron chi connectivity index (χ3n) is 2.69. The van der Waals surface area contributed by atoms with Crippen LogP contribution in [0.15, 0.2) is 0 Å². The molecule has 2 nitrogen and oxygen atoms in total. The third-order valence-corrected chi connectivity index (χ3v) is 2.69. The maximum atomic E-state index is 11.2. The zero-order chi connectivity index (χ0) is 9.90. The zero-order valence-corrected chi connectivity index (χ0v) is 8.47. The molecule has 0 heterocycles. The van der Waals surface area contributed by atoms with E-state index in [0.29, 0.717) is 18.1 Å². The summed E-state index contributed by atoms with van der Waals surface area (Å²) in [6, 6.07) is 2.29. The van der Waals surface area contributed by atoms with Gasteiger partial charge in [-0.05, 0) is 39.0 Å². The van der Waals surface area contributed by atoms with Gasteiger partial charge >= 0.3 is 0 Å². The van der Waals surface area contributed by atoms with E-state index < -0.39 is 0 Å². The normalized spacial score (nSPS) is 24.1. The minimum absolute atomic E-state index is 0.262. The number of carbonyl (C=O) groups excluding carboxylic acids is 1. The Morgan fingerprint density at radius 3 is 2.85 bits per heavy atom. The van der Waals surface area contributed by atoms with Gasteiger partial charge in [-0.2, -0.15) is 5.26 Å². The molecule has 0 radical (unpaired) electrons. The van der Waals surface area contributed by atoms with Crippen molar-refractivity contribution in [2.45, 2.75) is 46.0 Å². The average Bonchev–Trinajstić information content (AvgIpc) is 2.03. The Morgan fingerprint density at radius 1 is 1.62 bits per heavy atom. The van der Waals surface area contributed by atoms with Crippen molar-refractivity contribution < 1.29 is 4.79 Å². The molecule has 0 saturated heterocycles. The van der Waals surface area contributed by atoms with Gasteiger partial charge in [0, 0.05) is 12.8 Å². The maximum Gasteiger partial charge on any atom is 0.133 e. The van der Waals surface area contributed by atoms with Crippen molar-refractivity contribution in [3.63, 3.8) is 0 Å². The molecule has 1 saturated carbocycles. The second-order valence-electron chi connectivity index (χ2n) is 4.70. The summed E-state index contributed by atoms with van der Waals surface area (Å²) in [6.07, 6.45) is 4.46. The molecule has 0 spiro atoms. The molecule has 1 unspecified atom stereocenters. The lowest BCUT2D eigenvalue weighted by molar-refractivity contribution is -0.121. The van der Waals surface area contributed by atoms with E-state index >= 15 is 0 Å². The third kappa shape index (κ3) is 3.18. The van der Waals surface area contributed by atoms with Crippen LogP contribution in [0, 0.1) is 22.7 Å². The van der Waals surface area contributed by atoms with Gasteiger partial charge in [0.15, 0.2) is 0 Å². The predicted molar refractivity (Wildman–Crippen MR) is 51.0 cm³/mol. The van der Waals surface area contributed by atoms with Crippen molar-refractivity contribution in [1.82, 2.24) is 0 Å². The molecule has 0 N–H and O–H groups in total. The summed E-state index contributed by atoms with van der Waals surface area (Å²) in [5, 5.41) is 8.86. The van der Waals surface area contributed by atoms with Crippen LogP contribution in [0.5, 0.6) is 0 Å². The lowest BCUT2D eigenvalue weighted by Gasteiger charge is -2.26. The smallest absolute Gasteiger partial charge is 0.133 e. The van der Waals surface area contributed by atoms with Crippen molar-refractivity contribution in [2.75, 3.05) is 0 Å². The highest BCUT2D eigenvalue weighted by Gasteiger charge is 2.26. The zero-order valence-electron chi connectivity index (χ0n) is 8.47. The first kappa shape index (κ1) is 10.2. The number of rotatable bonds is 2. The van der Waals surface area contributed by atoms with Crippen LogP contribution in [0.3, 0.4) is 0 Å². The molecule has 1 aliphatic carbocycles. The molecule has 0 aromatic carbocycles. The molecule has 1 atom stereocenters. The van der Waals surface area contributed by atoms with Crippen molar-refractivity contribution in [2.24, 2.45) is 11.3 Å². The second kappa shape index (κ2) is 3.91. The first-order valence-electron chi connectivity index (χ1n) is 4.96. The largest absolute Gasteiger partial charge is 0.300 e. The number of hydrogen-bond donors (Lipinski definition) is 0. The van der Waals surface area contributed by atoms with Crippen LogP contribution in [0.1, 0.15) is 46.0 Å². The van der Waals surface area contributed by atoms with Gasteiger partial charge in [0.1, 0.15) is 5.78 Å². The minimum Gasteiger partial charge on any atom is -0.300 e. The average molecular weight is 179 g/mol. The minimum atomic E-state index is -0.262. The van der Waals surface area contributed by atoms with Crippen molar-refractivity contribution >= 4 is 5.78 Å². The highest BCUT2D eigenvalue weighted by Crippen LogP contribution is 2.32. The summed E-state index contributed by atoms with van der Waals surface area (Å²) in [4.78, 5) is 11.2. The van der Waals surface area contributed by atoms with Gasteiger partial charge in [0.25, 0.3) is 0 Å². The Balaban J connectivity index is 2.45. The Bertz CT molecular complexity index is 237. The van der Waals surface area contributed by atoms with E-state index in [4.69, 9.17) is 5.26 Å². The molecule has 0 amide bonds. The molecule has 0 aromatic heterocycles. The number of carbonyl (C=O) groups is 1. The first-order valence-corrected chi connectivity index (χ1v) is 4.96. The van der Waals surface area contributed by atoms with Crippen molar-refractivity contribution in [3.8, 4) is 6.07 Å². The van der Waals surface area contributed by atoms with Gasteiger partial charge < -0.3 is 0 Å². The molecule has 0 bridgehead atoms. The Morgan fingerprint density at radius 2 is 2.31 bits per heavy atom. The molecular formula is C11H17NO. The molecule has 72 valence electrons.